The van der Waals surface area contributed by atoms with Gasteiger partial charge in [0, 0.05) is 33.8 Å². The zero-order valence-corrected chi connectivity index (χ0v) is 22.8. The molecule has 10 nitrogen and oxygen atoms in total. The summed E-state index contributed by atoms with van der Waals surface area (Å²) in [6.45, 7) is 6.33. The molecule has 1 aromatic carbocycles. The van der Waals surface area contributed by atoms with Gasteiger partial charge < -0.3 is 28.4 Å². The van der Waals surface area contributed by atoms with E-state index in [0.29, 0.717) is 5.56 Å². The van der Waals surface area contributed by atoms with E-state index < -0.39 is 5.91 Å². The number of carbonyl (C=O) groups excluding carboxylic acids is 2. The molecule has 0 radical (unpaired) electrons. The molecule has 3 atom stereocenters. The number of carbonyl (C=O) groups is 2. The van der Waals surface area contributed by atoms with Gasteiger partial charge in [0.25, 0.3) is 11.8 Å². The van der Waals surface area contributed by atoms with E-state index in [1.807, 2.05) is 6.08 Å². The first kappa shape index (κ1) is 29.6. The van der Waals surface area contributed by atoms with Gasteiger partial charge in [0.05, 0.1) is 6.21 Å². The maximum atomic E-state index is 13.5. The van der Waals surface area contributed by atoms with Crippen molar-refractivity contribution in [3.63, 3.8) is 0 Å². The molecule has 0 bridgehead atoms. The quantitative estimate of drug-likeness (QED) is 0.209. The summed E-state index contributed by atoms with van der Waals surface area (Å²) in [6, 6.07) is 5.98. The number of nitrogens with two attached hydrogens (primary N) is 2. The van der Waals surface area contributed by atoms with Gasteiger partial charge in [-0.05, 0) is 55.0 Å². The number of rotatable bonds is 6. The lowest BCUT2D eigenvalue weighted by molar-refractivity contribution is 0.0917. The Kier molecular flexibility index (Phi) is 8.37. The normalized spacial score (nSPS) is 25.3. The molecule has 11 heteroatoms. The number of hydrogen-bond donors (Lipinski definition) is 5. The molecule has 1 heterocycles. The minimum atomic E-state index is -0.440. The topological polar surface area (TPSA) is 183 Å². The number of nitrogens with one attached hydrogen (secondary N) is 2. The Bertz CT molecular complexity index is 1370. The lowest BCUT2D eigenvalue weighted by Crippen LogP contribution is -2.40. The van der Waals surface area contributed by atoms with Crippen LogP contribution in [0.25, 0.3) is 0 Å². The summed E-state index contributed by atoms with van der Waals surface area (Å²) in [4.78, 5) is 34.0. The van der Waals surface area contributed by atoms with Crippen LogP contribution in [0.2, 0.25) is 0 Å². The highest BCUT2D eigenvalue weighted by Gasteiger charge is 2.79. The Balaban J connectivity index is 0.00000274. The molecule has 2 amide bonds. The van der Waals surface area contributed by atoms with Gasteiger partial charge in [-0.25, -0.2) is 14.4 Å². The number of halogens is 1. The van der Waals surface area contributed by atoms with Gasteiger partial charge in [-0.3, -0.25) is 9.59 Å². The first-order valence-corrected chi connectivity index (χ1v) is 12.5. The summed E-state index contributed by atoms with van der Waals surface area (Å²) in [5.74, 6) is 4.27. The number of amides is 2. The van der Waals surface area contributed by atoms with Gasteiger partial charge in [-0.15, -0.1) is 0 Å². The van der Waals surface area contributed by atoms with Gasteiger partial charge in [0.1, 0.15) is 23.5 Å². The fourth-order valence-corrected chi connectivity index (χ4v) is 6.15. The molecule has 0 saturated heterocycles. The average Bonchev–Trinajstić information content (AvgIpc) is 3.58. The van der Waals surface area contributed by atoms with E-state index in [1.165, 1.54) is 25.5 Å². The average molecular weight is 543 g/mol. The highest BCUT2D eigenvalue weighted by atomic mass is 19.1. The van der Waals surface area contributed by atoms with Crippen molar-refractivity contribution in [2.75, 3.05) is 7.05 Å². The van der Waals surface area contributed by atoms with Crippen LogP contribution in [0, 0.1) is 29.0 Å². The second-order valence-electron chi connectivity index (χ2n) is 10.6. The van der Waals surface area contributed by atoms with Crippen LogP contribution in [0.3, 0.4) is 0 Å². The van der Waals surface area contributed by atoms with Crippen LogP contribution >= 0.6 is 0 Å². The minimum Gasteiger partial charge on any atom is -0.347 e. The van der Waals surface area contributed by atoms with Crippen LogP contribution in [0.15, 0.2) is 59.5 Å². The molecule has 3 aliphatic rings. The molecule has 3 aliphatic carbocycles. The van der Waals surface area contributed by atoms with Crippen molar-refractivity contribution in [2.45, 2.75) is 46.2 Å². The molecule has 1 aromatic heterocycles. The Morgan fingerprint density at radius 3 is 2.56 bits per heavy atom. The number of aryl methyl sites for hydroxylation is 1. The summed E-state index contributed by atoms with van der Waals surface area (Å²) in [6.07, 6.45) is 11.0. The lowest BCUT2D eigenvalue weighted by Gasteiger charge is -2.30. The molecule has 2 fully saturated rings. The van der Waals surface area contributed by atoms with E-state index in [1.54, 1.807) is 25.3 Å². The third-order valence-electron chi connectivity index (χ3n) is 8.14. The third kappa shape index (κ3) is 5.07. The van der Waals surface area contributed by atoms with E-state index in [-0.39, 0.29) is 62.4 Å². The van der Waals surface area contributed by atoms with Crippen LogP contribution in [0.5, 0.6) is 0 Å². The zero-order valence-electron chi connectivity index (χ0n) is 22.8. The summed E-state index contributed by atoms with van der Waals surface area (Å²) in [5, 5.41) is 9.59. The number of hydrogen-bond acceptors (Lipinski definition) is 8. The third-order valence-corrected chi connectivity index (χ3v) is 8.14. The number of aromatic nitrogens is 2. The van der Waals surface area contributed by atoms with E-state index >= 15 is 0 Å². The van der Waals surface area contributed by atoms with Crippen LogP contribution in [0.1, 0.15) is 63.1 Å². The number of benzene rings is 1. The predicted octanol–water partition coefficient (Wildman–Crippen LogP) is 3.67. The molecule has 0 aliphatic heterocycles. The lowest BCUT2D eigenvalue weighted by atomic mass is 9.73. The van der Waals surface area contributed by atoms with Crippen molar-refractivity contribution in [3.05, 3.63) is 82.7 Å². The first-order chi connectivity index (χ1) is 18.1. The summed E-state index contributed by atoms with van der Waals surface area (Å²) in [7, 11) is 1.50. The molecular weight excluding hydrogens is 499 g/mol. The van der Waals surface area contributed by atoms with Crippen molar-refractivity contribution >= 4 is 18.0 Å². The van der Waals surface area contributed by atoms with Crippen molar-refractivity contribution < 1.29 is 18.3 Å². The maximum Gasteiger partial charge on any atom is 0.270 e. The minimum absolute atomic E-state index is 0. The molecule has 39 heavy (non-hydrogen) atoms. The smallest absolute Gasteiger partial charge is 0.270 e. The number of allylic oxidation sites excluding steroid dienone is 3. The largest absolute Gasteiger partial charge is 0.347 e. The fourth-order valence-electron chi connectivity index (χ4n) is 6.15. The van der Waals surface area contributed by atoms with Crippen molar-refractivity contribution in [1.29, 1.82) is 0 Å². The second-order valence-corrected chi connectivity index (χ2v) is 10.6. The second kappa shape index (κ2) is 11.0. The first-order valence-electron chi connectivity index (χ1n) is 12.5. The van der Waals surface area contributed by atoms with Crippen LogP contribution in [-0.4, -0.2) is 41.1 Å². The predicted molar refractivity (Wildman–Crippen MR) is 155 cm³/mol. The SMILES string of the molecule is CN.Cc1cc(CNC(=O)c2cc(C(=O)NC3CC(C)(C)C45C=C(/C=N/N)C=CC34C5)ncn2)ccc1F.N.[HH].[HH].[HH]. The Morgan fingerprint density at radius 2 is 1.90 bits per heavy atom. The van der Waals surface area contributed by atoms with Crippen LogP contribution in [-0.2, 0) is 6.54 Å². The van der Waals surface area contributed by atoms with Crippen LogP contribution in [0.4, 0.5) is 4.39 Å². The van der Waals surface area contributed by atoms with Crippen molar-refractivity contribution in [2.24, 2.45) is 32.9 Å². The summed E-state index contributed by atoms with van der Waals surface area (Å²) < 4.78 is 13.5. The number of hydrazone groups is 1. The van der Waals surface area contributed by atoms with Gasteiger partial charge >= 0.3 is 0 Å². The van der Waals surface area contributed by atoms with E-state index in [0.717, 1.165) is 24.0 Å². The van der Waals surface area contributed by atoms with E-state index in [4.69, 9.17) is 5.84 Å². The molecule has 2 aromatic rings. The van der Waals surface area contributed by atoms with Crippen molar-refractivity contribution in [1.82, 2.24) is 26.8 Å². The molecule has 3 unspecified atom stereocenters. The standard InChI is InChI=1S/C27H29FN6O2.CH5N.H3N.3H2/c1-16-8-17(4-5-19(16)28)12-30-23(35)20-9-21(32-15-31-20)24(36)34-22-11-25(2,3)27-10-18(13-33-29)6-7-26(22,27)14-27;1-2;;;;/h4-10,13,15,22H,11-12,14,29H2,1-3H3,(H,30,35)(H,34,36);2H2,1H3;1H3;3*1H/b33-13+;;;;;. The Hall–Kier alpha value is -3.96. The Labute approximate surface area is 232 Å². The molecular formula is C28H43FN8O2. The van der Waals surface area contributed by atoms with E-state index in [2.05, 4.69) is 57.4 Å². The highest BCUT2D eigenvalue weighted by Crippen LogP contribution is 2.82. The molecule has 0 spiro atoms. The van der Waals surface area contributed by atoms with E-state index in [9.17, 15) is 14.0 Å². The van der Waals surface area contributed by atoms with Gasteiger partial charge in [0.15, 0.2) is 0 Å². The van der Waals surface area contributed by atoms with Crippen molar-refractivity contribution in [3.8, 4) is 0 Å². The summed E-state index contributed by atoms with van der Waals surface area (Å²) >= 11 is 0. The molecule has 2 saturated carbocycles. The highest BCUT2D eigenvalue weighted by molar-refractivity contribution is 5.97. The van der Waals surface area contributed by atoms with Gasteiger partial charge in [-0.2, -0.15) is 5.10 Å². The molecule has 214 valence electrons. The van der Waals surface area contributed by atoms with Gasteiger partial charge in [-0.1, -0.05) is 44.2 Å². The fraction of sp³-hybridized carbons (Fsp3) is 0.393. The Morgan fingerprint density at radius 1 is 1.21 bits per heavy atom. The number of nitrogens with zero attached hydrogens (tertiary/aromatic N) is 3. The molecule has 9 N–H and O–H groups in total. The summed E-state index contributed by atoms with van der Waals surface area (Å²) in [5.41, 5.74) is 6.73. The monoisotopic (exact) mass is 542 g/mol. The van der Waals surface area contributed by atoms with Gasteiger partial charge in [0.2, 0.25) is 0 Å². The molecule has 5 rings (SSSR count). The zero-order chi connectivity index (χ0) is 27.7. The van der Waals surface area contributed by atoms with Crippen LogP contribution < -0.4 is 28.4 Å². The maximum absolute atomic E-state index is 13.5.